The molecule has 0 amide bonds. The Bertz CT molecular complexity index is 616. The summed E-state index contributed by atoms with van der Waals surface area (Å²) in [6.07, 6.45) is 8.48. The molecule has 0 bridgehead atoms. The van der Waals surface area contributed by atoms with Gasteiger partial charge in [-0.3, -0.25) is 0 Å². The summed E-state index contributed by atoms with van der Waals surface area (Å²) in [4.78, 5) is 0. The average Bonchev–Trinajstić information content (AvgIpc) is 2.64. The molecule has 2 aromatic rings. The van der Waals surface area contributed by atoms with E-state index in [4.69, 9.17) is 10.2 Å². The molecule has 0 aliphatic carbocycles. The maximum atomic E-state index is 8.88. The smallest absolute Gasteiger partial charge is 0.0431 e. The molecule has 0 aliphatic rings. The van der Waals surface area contributed by atoms with Gasteiger partial charge in [0.2, 0.25) is 0 Å². The summed E-state index contributed by atoms with van der Waals surface area (Å²) in [6, 6.07) is 13.6. The van der Waals surface area contributed by atoms with Gasteiger partial charge in [0.05, 0.1) is 0 Å². The van der Waals surface area contributed by atoms with Gasteiger partial charge in [-0.15, -0.1) is 0 Å². The molecule has 2 heteroatoms. The molecule has 0 radical (unpaired) electrons. The normalized spacial score (nSPS) is 11.1. The van der Waals surface area contributed by atoms with Gasteiger partial charge in [0.1, 0.15) is 0 Å². The maximum absolute atomic E-state index is 8.88. The van der Waals surface area contributed by atoms with E-state index < -0.39 is 0 Å². The van der Waals surface area contributed by atoms with Crippen LogP contribution in [0.1, 0.15) is 60.8 Å². The lowest BCUT2D eigenvalue weighted by atomic mass is 9.94. The van der Waals surface area contributed by atoms with E-state index in [1.54, 1.807) is 0 Å². The van der Waals surface area contributed by atoms with Crippen molar-refractivity contribution >= 4 is 0 Å². The van der Waals surface area contributed by atoms with Crippen molar-refractivity contribution in [1.82, 2.24) is 0 Å². The number of rotatable bonds is 11. The lowest BCUT2D eigenvalue weighted by Crippen LogP contribution is -1.94. The fourth-order valence-electron chi connectivity index (χ4n) is 3.52. The predicted octanol–water partition coefficient (Wildman–Crippen LogP) is 5.38. The highest BCUT2D eigenvalue weighted by molar-refractivity contribution is 5.66. The van der Waals surface area contributed by atoms with Crippen LogP contribution >= 0.6 is 0 Å². The monoisotopic (exact) mass is 354 g/mol. The number of hydrogen-bond donors (Lipinski definition) is 2. The number of unbranched alkanes of at least 4 members (excludes halogenated alkanes) is 4. The number of aliphatic hydroxyl groups excluding tert-OH is 2. The van der Waals surface area contributed by atoms with E-state index in [1.807, 2.05) is 0 Å². The Morgan fingerprint density at radius 1 is 0.577 bits per heavy atom. The SMILES string of the molecule is Cc1cc(-c2ccc(CCCCCO)c(C)c2)ccc1CCCCCO. The van der Waals surface area contributed by atoms with Crippen LogP contribution in [0.2, 0.25) is 0 Å². The van der Waals surface area contributed by atoms with Crippen LogP contribution in [0.4, 0.5) is 0 Å². The molecule has 26 heavy (non-hydrogen) atoms. The van der Waals surface area contributed by atoms with E-state index in [-0.39, 0.29) is 0 Å². The first-order valence-electron chi connectivity index (χ1n) is 10.1. The molecule has 0 aromatic heterocycles. The molecule has 2 rings (SSSR count). The van der Waals surface area contributed by atoms with E-state index in [2.05, 4.69) is 50.2 Å². The average molecular weight is 355 g/mol. The minimum atomic E-state index is 0.300. The fourth-order valence-corrected chi connectivity index (χ4v) is 3.52. The van der Waals surface area contributed by atoms with E-state index in [0.29, 0.717) is 13.2 Å². The van der Waals surface area contributed by atoms with Gasteiger partial charge in [-0.25, -0.2) is 0 Å². The summed E-state index contributed by atoms with van der Waals surface area (Å²) in [6.45, 7) is 5.00. The number of benzene rings is 2. The third kappa shape index (κ3) is 6.26. The fraction of sp³-hybridized carbons (Fsp3) is 0.500. The quantitative estimate of drug-likeness (QED) is 0.532. The van der Waals surface area contributed by atoms with Crippen LogP contribution in [0.15, 0.2) is 36.4 Å². The zero-order chi connectivity index (χ0) is 18.8. The highest BCUT2D eigenvalue weighted by Crippen LogP contribution is 2.26. The Hall–Kier alpha value is -1.64. The summed E-state index contributed by atoms with van der Waals surface area (Å²) < 4.78 is 0. The summed E-state index contributed by atoms with van der Waals surface area (Å²) in [5.74, 6) is 0. The summed E-state index contributed by atoms with van der Waals surface area (Å²) in [5, 5.41) is 17.8. The molecule has 0 atom stereocenters. The predicted molar refractivity (Wildman–Crippen MR) is 111 cm³/mol. The van der Waals surface area contributed by atoms with Crippen molar-refractivity contribution in [2.24, 2.45) is 0 Å². The lowest BCUT2D eigenvalue weighted by molar-refractivity contribution is 0.283. The molecule has 2 nitrogen and oxygen atoms in total. The van der Waals surface area contributed by atoms with Crippen LogP contribution in [0.3, 0.4) is 0 Å². The van der Waals surface area contributed by atoms with Crippen molar-refractivity contribution in [2.45, 2.75) is 65.2 Å². The van der Waals surface area contributed by atoms with Gasteiger partial charge in [-0.05, 0) is 85.8 Å². The van der Waals surface area contributed by atoms with Crippen LogP contribution in [-0.4, -0.2) is 23.4 Å². The molecule has 2 N–H and O–H groups in total. The third-order valence-electron chi connectivity index (χ3n) is 5.23. The minimum absolute atomic E-state index is 0.300. The Kier molecular flexibility index (Phi) is 8.87. The van der Waals surface area contributed by atoms with Crippen LogP contribution < -0.4 is 0 Å². The molecule has 0 fully saturated rings. The first kappa shape index (κ1) is 20.7. The minimum Gasteiger partial charge on any atom is -0.396 e. The maximum Gasteiger partial charge on any atom is 0.0431 e. The Morgan fingerprint density at radius 2 is 1.00 bits per heavy atom. The molecular weight excluding hydrogens is 320 g/mol. The Labute approximate surface area is 158 Å². The largest absolute Gasteiger partial charge is 0.396 e. The lowest BCUT2D eigenvalue weighted by Gasteiger charge is -2.12. The van der Waals surface area contributed by atoms with Crippen molar-refractivity contribution in [2.75, 3.05) is 13.2 Å². The molecule has 0 saturated heterocycles. The van der Waals surface area contributed by atoms with Gasteiger partial charge in [0, 0.05) is 13.2 Å². The zero-order valence-electron chi connectivity index (χ0n) is 16.4. The molecule has 2 aromatic carbocycles. The molecule has 0 aliphatic heterocycles. The van der Waals surface area contributed by atoms with Crippen LogP contribution in [-0.2, 0) is 12.8 Å². The standard InChI is InChI=1S/C24H34O2/c1-19-17-23(13-11-21(19)9-5-3-7-15-25)24-14-12-22(20(2)18-24)10-6-4-8-16-26/h11-14,17-18,25-26H,3-10,15-16H2,1-2H3. The first-order chi connectivity index (χ1) is 12.7. The van der Waals surface area contributed by atoms with Gasteiger partial charge in [-0.2, -0.15) is 0 Å². The summed E-state index contributed by atoms with van der Waals surface area (Å²) in [5.41, 5.74) is 8.13. The zero-order valence-corrected chi connectivity index (χ0v) is 16.4. The molecular formula is C24H34O2. The Balaban J connectivity index is 2.01. The molecule has 0 heterocycles. The van der Waals surface area contributed by atoms with Crippen LogP contribution in [0, 0.1) is 13.8 Å². The Morgan fingerprint density at radius 3 is 1.35 bits per heavy atom. The van der Waals surface area contributed by atoms with E-state index >= 15 is 0 Å². The van der Waals surface area contributed by atoms with E-state index in [1.165, 1.54) is 33.4 Å². The number of hydrogen-bond acceptors (Lipinski definition) is 2. The van der Waals surface area contributed by atoms with Gasteiger partial charge >= 0.3 is 0 Å². The third-order valence-corrected chi connectivity index (χ3v) is 5.23. The van der Waals surface area contributed by atoms with Crippen molar-refractivity contribution in [1.29, 1.82) is 0 Å². The van der Waals surface area contributed by atoms with Crippen molar-refractivity contribution in [3.63, 3.8) is 0 Å². The van der Waals surface area contributed by atoms with Crippen molar-refractivity contribution < 1.29 is 10.2 Å². The van der Waals surface area contributed by atoms with Gasteiger partial charge < -0.3 is 10.2 Å². The second-order valence-corrected chi connectivity index (χ2v) is 7.35. The van der Waals surface area contributed by atoms with Gasteiger partial charge in [0.25, 0.3) is 0 Å². The van der Waals surface area contributed by atoms with Crippen molar-refractivity contribution in [3.05, 3.63) is 58.7 Å². The highest BCUT2D eigenvalue weighted by Gasteiger charge is 2.05. The summed E-state index contributed by atoms with van der Waals surface area (Å²) in [7, 11) is 0. The second kappa shape index (κ2) is 11.2. The molecule has 0 unspecified atom stereocenters. The number of aryl methyl sites for hydroxylation is 4. The van der Waals surface area contributed by atoms with Gasteiger partial charge in [0.15, 0.2) is 0 Å². The van der Waals surface area contributed by atoms with Gasteiger partial charge in [-0.1, -0.05) is 49.2 Å². The molecule has 0 saturated carbocycles. The topological polar surface area (TPSA) is 40.5 Å². The highest BCUT2D eigenvalue weighted by atomic mass is 16.3. The van der Waals surface area contributed by atoms with Crippen molar-refractivity contribution in [3.8, 4) is 11.1 Å². The summed E-state index contributed by atoms with van der Waals surface area (Å²) >= 11 is 0. The molecule has 142 valence electrons. The van der Waals surface area contributed by atoms with E-state index in [0.717, 1.165) is 51.4 Å². The van der Waals surface area contributed by atoms with E-state index in [9.17, 15) is 0 Å². The van der Waals surface area contributed by atoms with Crippen LogP contribution in [0.25, 0.3) is 11.1 Å². The second-order valence-electron chi connectivity index (χ2n) is 7.35. The van der Waals surface area contributed by atoms with Crippen LogP contribution in [0.5, 0.6) is 0 Å². The molecule has 0 spiro atoms. The first-order valence-corrected chi connectivity index (χ1v) is 10.1. The number of aliphatic hydroxyl groups is 2.